The third kappa shape index (κ3) is 3.77. The lowest BCUT2D eigenvalue weighted by Gasteiger charge is -2.08. The van der Waals surface area contributed by atoms with Crippen LogP contribution in [0.1, 0.15) is 24.8 Å². The molecule has 0 spiro atoms. The highest BCUT2D eigenvalue weighted by Gasteiger charge is 2.30. The number of benzene rings is 1. The maximum Gasteiger partial charge on any atom is 0.573 e. The van der Waals surface area contributed by atoms with E-state index >= 15 is 0 Å². The Morgan fingerprint density at radius 3 is 2.39 bits per heavy atom. The average molecular weight is 257 g/mol. The quantitative estimate of drug-likeness (QED) is 0.880. The zero-order valence-electron chi connectivity index (χ0n) is 9.70. The molecule has 2 rings (SSSR count). The first-order valence-corrected chi connectivity index (χ1v) is 5.73. The molecule has 1 aliphatic carbocycles. The number of ether oxygens (including phenoxy) is 1. The van der Waals surface area contributed by atoms with Crippen molar-refractivity contribution < 1.29 is 17.9 Å². The molecule has 1 aromatic rings. The monoisotopic (exact) mass is 257 g/mol. The van der Waals surface area contributed by atoms with Crippen LogP contribution in [0.15, 0.2) is 29.8 Å². The molecular weight excluding hydrogens is 243 g/mol. The first-order valence-electron chi connectivity index (χ1n) is 5.73. The first-order chi connectivity index (χ1) is 8.42. The molecule has 1 atom stereocenters. The molecule has 0 amide bonds. The summed E-state index contributed by atoms with van der Waals surface area (Å²) in [6, 6.07) is 6.06. The lowest BCUT2D eigenvalue weighted by molar-refractivity contribution is -0.274. The average Bonchev–Trinajstić information content (AvgIpc) is 2.65. The lowest BCUT2D eigenvalue weighted by Crippen LogP contribution is -2.16. The minimum absolute atomic E-state index is 0.201. The van der Waals surface area contributed by atoms with Gasteiger partial charge in [0.25, 0.3) is 0 Å². The van der Waals surface area contributed by atoms with Crippen molar-refractivity contribution in [2.24, 2.45) is 5.73 Å². The van der Waals surface area contributed by atoms with Crippen molar-refractivity contribution in [2.45, 2.75) is 31.7 Å². The summed E-state index contributed by atoms with van der Waals surface area (Å²) in [6.45, 7) is 0. The molecule has 2 N–H and O–H groups in total. The summed E-state index contributed by atoms with van der Waals surface area (Å²) in [5, 5.41) is 0. The third-order valence-corrected chi connectivity index (χ3v) is 2.85. The fourth-order valence-electron chi connectivity index (χ4n) is 2.04. The predicted octanol–water partition coefficient (Wildman–Crippen LogP) is 3.48. The SMILES string of the molecule is NC1CCC(=Cc2ccc(OC(F)(F)F)cc2)C1. The number of rotatable bonds is 2. The fraction of sp³-hybridized carbons (Fsp3) is 0.385. The van der Waals surface area contributed by atoms with Crippen molar-refractivity contribution >= 4 is 6.08 Å². The van der Waals surface area contributed by atoms with Crippen LogP contribution < -0.4 is 10.5 Å². The molecule has 0 bridgehead atoms. The Bertz CT molecular complexity index is 437. The Balaban J connectivity index is 2.04. The molecule has 1 saturated carbocycles. The molecule has 1 aliphatic rings. The minimum Gasteiger partial charge on any atom is -0.406 e. The van der Waals surface area contributed by atoms with Gasteiger partial charge in [-0.05, 0) is 37.0 Å². The van der Waals surface area contributed by atoms with Gasteiger partial charge in [0.15, 0.2) is 0 Å². The molecule has 1 unspecified atom stereocenters. The van der Waals surface area contributed by atoms with Crippen molar-refractivity contribution in [1.29, 1.82) is 0 Å². The highest BCUT2D eigenvalue weighted by Crippen LogP contribution is 2.27. The van der Waals surface area contributed by atoms with E-state index in [2.05, 4.69) is 4.74 Å². The van der Waals surface area contributed by atoms with Gasteiger partial charge < -0.3 is 10.5 Å². The number of alkyl halides is 3. The standard InChI is InChI=1S/C13H14F3NO/c14-13(15,16)18-12-5-2-9(3-6-12)7-10-1-4-11(17)8-10/h2-3,5-7,11H,1,4,8,17H2. The predicted molar refractivity (Wildman–Crippen MR) is 62.9 cm³/mol. The largest absolute Gasteiger partial charge is 0.573 e. The Kier molecular flexibility index (Phi) is 3.61. The number of halogens is 3. The molecule has 0 heterocycles. The Hall–Kier alpha value is -1.49. The topological polar surface area (TPSA) is 35.2 Å². The van der Waals surface area contributed by atoms with E-state index in [1.54, 1.807) is 12.1 Å². The van der Waals surface area contributed by atoms with Crippen molar-refractivity contribution in [2.75, 3.05) is 0 Å². The van der Waals surface area contributed by atoms with E-state index in [9.17, 15) is 13.2 Å². The Morgan fingerprint density at radius 1 is 1.22 bits per heavy atom. The van der Waals surface area contributed by atoms with Crippen LogP contribution in [0.5, 0.6) is 5.75 Å². The van der Waals surface area contributed by atoms with E-state index in [0.29, 0.717) is 0 Å². The van der Waals surface area contributed by atoms with Crippen LogP contribution in [0.3, 0.4) is 0 Å². The van der Waals surface area contributed by atoms with Gasteiger partial charge >= 0.3 is 6.36 Å². The Morgan fingerprint density at radius 2 is 1.89 bits per heavy atom. The van der Waals surface area contributed by atoms with Crippen LogP contribution in [-0.2, 0) is 0 Å². The van der Waals surface area contributed by atoms with Gasteiger partial charge in [-0.3, -0.25) is 0 Å². The highest BCUT2D eigenvalue weighted by molar-refractivity contribution is 5.54. The highest BCUT2D eigenvalue weighted by atomic mass is 19.4. The number of hydrogen-bond donors (Lipinski definition) is 1. The minimum atomic E-state index is -4.64. The fourth-order valence-corrected chi connectivity index (χ4v) is 2.04. The van der Waals surface area contributed by atoms with Crippen LogP contribution >= 0.6 is 0 Å². The summed E-state index contributed by atoms with van der Waals surface area (Å²) in [7, 11) is 0. The second-order valence-electron chi connectivity index (χ2n) is 4.42. The summed E-state index contributed by atoms with van der Waals surface area (Å²) in [6.07, 6.45) is 0.131. The van der Waals surface area contributed by atoms with Gasteiger partial charge in [-0.1, -0.05) is 23.8 Å². The van der Waals surface area contributed by atoms with E-state index in [1.807, 2.05) is 6.08 Å². The lowest BCUT2D eigenvalue weighted by atomic mass is 10.1. The van der Waals surface area contributed by atoms with E-state index in [-0.39, 0.29) is 11.8 Å². The molecule has 0 aliphatic heterocycles. The van der Waals surface area contributed by atoms with Crippen LogP contribution in [0.25, 0.3) is 6.08 Å². The molecule has 0 saturated heterocycles. The number of hydrogen-bond acceptors (Lipinski definition) is 2. The Labute approximate surface area is 103 Å². The van der Waals surface area contributed by atoms with Crippen molar-refractivity contribution in [3.05, 3.63) is 35.4 Å². The maximum absolute atomic E-state index is 12.0. The molecule has 1 fully saturated rings. The van der Waals surface area contributed by atoms with Gasteiger partial charge in [-0.15, -0.1) is 13.2 Å². The molecule has 18 heavy (non-hydrogen) atoms. The molecule has 5 heteroatoms. The number of nitrogens with two attached hydrogens (primary N) is 1. The van der Waals surface area contributed by atoms with E-state index < -0.39 is 6.36 Å². The smallest absolute Gasteiger partial charge is 0.406 e. The second kappa shape index (κ2) is 5.02. The summed E-state index contributed by atoms with van der Waals surface area (Å²) < 4.78 is 39.7. The van der Waals surface area contributed by atoms with E-state index in [4.69, 9.17) is 5.73 Å². The van der Waals surface area contributed by atoms with Crippen molar-refractivity contribution in [3.8, 4) is 5.75 Å². The van der Waals surface area contributed by atoms with Gasteiger partial charge in [-0.25, -0.2) is 0 Å². The summed E-state index contributed by atoms with van der Waals surface area (Å²) in [5.41, 5.74) is 7.90. The van der Waals surface area contributed by atoms with Crippen molar-refractivity contribution in [3.63, 3.8) is 0 Å². The zero-order valence-corrected chi connectivity index (χ0v) is 9.70. The molecule has 0 radical (unpaired) electrons. The third-order valence-electron chi connectivity index (χ3n) is 2.85. The molecule has 98 valence electrons. The summed E-state index contributed by atoms with van der Waals surface area (Å²) in [4.78, 5) is 0. The normalized spacial score (nSPS) is 22.4. The van der Waals surface area contributed by atoms with Crippen LogP contribution in [0.4, 0.5) is 13.2 Å². The molecular formula is C13H14F3NO. The van der Waals surface area contributed by atoms with Gasteiger partial charge in [0, 0.05) is 6.04 Å². The van der Waals surface area contributed by atoms with Crippen molar-refractivity contribution in [1.82, 2.24) is 0 Å². The van der Waals surface area contributed by atoms with E-state index in [1.165, 1.54) is 17.7 Å². The summed E-state index contributed by atoms with van der Waals surface area (Å²) in [5.74, 6) is -0.201. The van der Waals surface area contributed by atoms with Crippen LogP contribution in [-0.4, -0.2) is 12.4 Å². The first kappa shape index (κ1) is 13.0. The van der Waals surface area contributed by atoms with Gasteiger partial charge in [0.2, 0.25) is 0 Å². The molecule has 2 nitrogen and oxygen atoms in total. The van der Waals surface area contributed by atoms with Gasteiger partial charge in [0.05, 0.1) is 0 Å². The molecule has 0 aromatic heterocycles. The zero-order chi connectivity index (χ0) is 13.2. The summed E-state index contributed by atoms with van der Waals surface area (Å²) >= 11 is 0. The maximum atomic E-state index is 12.0. The second-order valence-corrected chi connectivity index (χ2v) is 4.42. The molecule has 1 aromatic carbocycles. The van der Waals surface area contributed by atoms with Gasteiger partial charge in [-0.2, -0.15) is 0 Å². The van der Waals surface area contributed by atoms with Crippen LogP contribution in [0.2, 0.25) is 0 Å². The van der Waals surface area contributed by atoms with E-state index in [0.717, 1.165) is 24.8 Å². The van der Waals surface area contributed by atoms with Crippen LogP contribution in [0, 0.1) is 0 Å². The van der Waals surface area contributed by atoms with Gasteiger partial charge in [0.1, 0.15) is 5.75 Å².